The molecule has 0 bridgehead atoms. The van der Waals surface area contributed by atoms with E-state index >= 15 is 0 Å². The van der Waals surface area contributed by atoms with E-state index in [0.717, 1.165) is 32.6 Å². The van der Waals surface area contributed by atoms with Crippen LogP contribution in [0.15, 0.2) is 30.3 Å². The van der Waals surface area contributed by atoms with Crippen molar-refractivity contribution in [1.29, 1.82) is 0 Å². The van der Waals surface area contributed by atoms with Gasteiger partial charge in [-0.05, 0) is 25.1 Å². The minimum absolute atomic E-state index is 0.0805. The van der Waals surface area contributed by atoms with Gasteiger partial charge in [-0.25, -0.2) is 4.90 Å². The number of benzene rings is 1. The van der Waals surface area contributed by atoms with E-state index in [0.29, 0.717) is 12.1 Å². The lowest BCUT2D eigenvalue weighted by atomic mass is 10.2. The summed E-state index contributed by atoms with van der Waals surface area (Å²) in [6.45, 7) is 3.56. The number of nitrogens with one attached hydrogen (secondary N) is 1. The number of carbonyl (C=O) groups is 2. The highest BCUT2D eigenvalue weighted by Crippen LogP contribution is 2.25. The molecule has 0 radical (unpaired) electrons. The molecule has 1 N–H and O–H groups in total. The zero-order valence-corrected chi connectivity index (χ0v) is 11.4. The number of para-hydroxylation sites is 1. The van der Waals surface area contributed by atoms with Gasteiger partial charge in [0.1, 0.15) is 0 Å². The van der Waals surface area contributed by atoms with E-state index in [9.17, 15) is 9.59 Å². The number of amides is 2. The number of rotatable bonds is 2. The highest BCUT2D eigenvalue weighted by Gasteiger charge is 2.42. The average molecular weight is 273 g/mol. The Bertz CT molecular complexity index is 495. The zero-order chi connectivity index (χ0) is 13.9. The van der Waals surface area contributed by atoms with Gasteiger partial charge in [0.2, 0.25) is 5.91 Å². The Labute approximate surface area is 118 Å². The van der Waals surface area contributed by atoms with Crippen molar-refractivity contribution in [2.24, 2.45) is 0 Å². The van der Waals surface area contributed by atoms with Crippen LogP contribution in [-0.2, 0) is 9.59 Å². The van der Waals surface area contributed by atoms with E-state index < -0.39 is 0 Å². The second-order valence-electron chi connectivity index (χ2n) is 5.26. The lowest BCUT2D eigenvalue weighted by molar-refractivity contribution is -0.122. The Morgan fingerprint density at radius 3 is 2.65 bits per heavy atom. The molecular weight excluding hydrogens is 254 g/mol. The predicted molar refractivity (Wildman–Crippen MR) is 76.4 cm³/mol. The average Bonchev–Trinajstić information content (AvgIpc) is 2.67. The minimum Gasteiger partial charge on any atom is -0.315 e. The zero-order valence-electron chi connectivity index (χ0n) is 11.4. The molecule has 5 nitrogen and oxygen atoms in total. The van der Waals surface area contributed by atoms with Crippen molar-refractivity contribution in [2.75, 3.05) is 31.1 Å². The maximum Gasteiger partial charge on any atom is 0.251 e. The van der Waals surface area contributed by atoms with Crippen molar-refractivity contribution < 1.29 is 9.59 Å². The summed E-state index contributed by atoms with van der Waals surface area (Å²) in [5, 5.41) is 3.32. The van der Waals surface area contributed by atoms with Crippen LogP contribution < -0.4 is 10.2 Å². The fraction of sp³-hybridized carbons (Fsp3) is 0.467. The molecule has 20 heavy (non-hydrogen) atoms. The van der Waals surface area contributed by atoms with E-state index in [2.05, 4.69) is 10.2 Å². The molecule has 1 unspecified atom stereocenters. The lowest BCUT2D eigenvalue weighted by Gasteiger charge is -2.25. The van der Waals surface area contributed by atoms with Gasteiger partial charge in [-0.15, -0.1) is 0 Å². The van der Waals surface area contributed by atoms with Crippen LogP contribution in [0.4, 0.5) is 5.69 Å². The fourth-order valence-corrected chi connectivity index (χ4v) is 2.93. The van der Waals surface area contributed by atoms with Gasteiger partial charge >= 0.3 is 0 Å². The number of anilines is 1. The monoisotopic (exact) mass is 273 g/mol. The number of imide groups is 1. The van der Waals surface area contributed by atoms with Crippen LogP contribution in [0.1, 0.15) is 12.8 Å². The summed E-state index contributed by atoms with van der Waals surface area (Å²) in [6, 6.07) is 8.90. The van der Waals surface area contributed by atoms with Crippen molar-refractivity contribution in [1.82, 2.24) is 10.2 Å². The Balaban J connectivity index is 1.79. The first-order valence-electron chi connectivity index (χ1n) is 7.14. The molecule has 2 aliphatic heterocycles. The summed E-state index contributed by atoms with van der Waals surface area (Å²) in [5.74, 6) is -0.175. The van der Waals surface area contributed by atoms with E-state index in [1.807, 2.05) is 30.3 Å². The standard InChI is InChI=1S/C15H19N3O2/c19-14-11-13(17-9-4-7-16-8-10-17)15(20)18(14)12-5-2-1-3-6-12/h1-3,5-6,13,16H,4,7-11H2. The van der Waals surface area contributed by atoms with E-state index in [4.69, 9.17) is 0 Å². The van der Waals surface area contributed by atoms with Crippen LogP contribution in [0.5, 0.6) is 0 Å². The smallest absolute Gasteiger partial charge is 0.251 e. The van der Waals surface area contributed by atoms with Crippen molar-refractivity contribution in [2.45, 2.75) is 18.9 Å². The third-order valence-corrected chi connectivity index (χ3v) is 3.95. The maximum absolute atomic E-state index is 12.6. The summed E-state index contributed by atoms with van der Waals surface area (Å²) in [6.07, 6.45) is 1.32. The molecule has 1 aromatic carbocycles. The SMILES string of the molecule is O=C1CC(N2CCCNCC2)C(=O)N1c1ccccc1. The van der Waals surface area contributed by atoms with Crippen LogP contribution in [0.3, 0.4) is 0 Å². The molecule has 2 aliphatic rings. The first-order chi connectivity index (χ1) is 9.77. The van der Waals surface area contributed by atoms with Crippen molar-refractivity contribution in [3.63, 3.8) is 0 Å². The molecule has 0 saturated carbocycles. The Hall–Kier alpha value is -1.72. The molecule has 2 heterocycles. The lowest BCUT2D eigenvalue weighted by Crippen LogP contribution is -2.43. The maximum atomic E-state index is 12.6. The molecule has 2 amide bonds. The van der Waals surface area contributed by atoms with Gasteiger partial charge in [0.15, 0.2) is 0 Å². The Morgan fingerprint density at radius 1 is 1.05 bits per heavy atom. The summed E-state index contributed by atoms with van der Waals surface area (Å²) in [5.41, 5.74) is 0.679. The largest absolute Gasteiger partial charge is 0.315 e. The molecular formula is C15H19N3O2. The van der Waals surface area contributed by atoms with Crippen molar-refractivity contribution >= 4 is 17.5 Å². The molecule has 1 atom stereocenters. The van der Waals surface area contributed by atoms with Crippen LogP contribution in [0, 0.1) is 0 Å². The number of hydrogen-bond acceptors (Lipinski definition) is 4. The third-order valence-electron chi connectivity index (χ3n) is 3.95. The topological polar surface area (TPSA) is 52.7 Å². The van der Waals surface area contributed by atoms with Gasteiger partial charge < -0.3 is 5.32 Å². The Kier molecular flexibility index (Phi) is 3.80. The van der Waals surface area contributed by atoms with Gasteiger partial charge in [-0.3, -0.25) is 14.5 Å². The molecule has 2 saturated heterocycles. The first-order valence-corrected chi connectivity index (χ1v) is 7.14. The molecule has 2 fully saturated rings. The first kappa shape index (κ1) is 13.3. The predicted octanol–water partition coefficient (Wildman–Crippen LogP) is 0.614. The molecule has 5 heteroatoms. The highest BCUT2D eigenvalue weighted by atomic mass is 16.2. The van der Waals surface area contributed by atoms with Crippen LogP contribution in [0.2, 0.25) is 0 Å². The highest BCUT2D eigenvalue weighted by molar-refractivity contribution is 6.22. The van der Waals surface area contributed by atoms with E-state index in [1.54, 1.807) is 0 Å². The Morgan fingerprint density at radius 2 is 1.85 bits per heavy atom. The summed E-state index contributed by atoms with van der Waals surface area (Å²) < 4.78 is 0. The third kappa shape index (κ3) is 2.46. The van der Waals surface area contributed by atoms with Crippen LogP contribution in [-0.4, -0.2) is 48.9 Å². The van der Waals surface area contributed by atoms with Gasteiger partial charge in [0.05, 0.1) is 18.2 Å². The molecule has 0 aliphatic carbocycles. The van der Waals surface area contributed by atoms with Crippen LogP contribution in [0.25, 0.3) is 0 Å². The second kappa shape index (κ2) is 5.73. The fourth-order valence-electron chi connectivity index (χ4n) is 2.93. The quantitative estimate of drug-likeness (QED) is 0.802. The number of carbonyl (C=O) groups excluding carboxylic acids is 2. The van der Waals surface area contributed by atoms with Gasteiger partial charge in [0.25, 0.3) is 5.91 Å². The molecule has 106 valence electrons. The van der Waals surface area contributed by atoms with Gasteiger partial charge in [0, 0.05) is 19.6 Å². The molecule has 3 rings (SSSR count). The molecule has 1 aromatic rings. The van der Waals surface area contributed by atoms with Crippen molar-refractivity contribution in [3.05, 3.63) is 30.3 Å². The number of hydrogen-bond donors (Lipinski definition) is 1. The van der Waals surface area contributed by atoms with Gasteiger partial charge in [-0.2, -0.15) is 0 Å². The van der Waals surface area contributed by atoms with Crippen molar-refractivity contribution in [3.8, 4) is 0 Å². The van der Waals surface area contributed by atoms with E-state index in [-0.39, 0.29) is 17.9 Å². The minimum atomic E-state index is -0.289. The summed E-state index contributed by atoms with van der Waals surface area (Å²) >= 11 is 0. The van der Waals surface area contributed by atoms with Gasteiger partial charge in [-0.1, -0.05) is 18.2 Å². The normalized spacial score (nSPS) is 25.0. The second-order valence-corrected chi connectivity index (χ2v) is 5.26. The molecule has 0 spiro atoms. The summed E-state index contributed by atoms with van der Waals surface area (Å²) in [7, 11) is 0. The number of nitrogens with zero attached hydrogens (tertiary/aromatic N) is 2. The van der Waals surface area contributed by atoms with E-state index in [1.165, 1.54) is 4.90 Å². The molecule has 0 aromatic heterocycles. The summed E-state index contributed by atoms with van der Waals surface area (Å²) in [4.78, 5) is 28.2. The van der Waals surface area contributed by atoms with Crippen LogP contribution >= 0.6 is 0 Å².